The molecular weight excluding hydrogens is 236 g/mol. The molecule has 0 atom stereocenters. The van der Waals surface area contributed by atoms with E-state index in [0.29, 0.717) is 16.7 Å². The summed E-state index contributed by atoms with van der Waals surface area (Å²) in [6.45, 7) is 0. The van der Waals surface area contributed by atoms with E-state index in [0.717, 1.165) is 0 Å². The summed E-state index contributed by atoms with van der Waals surface area (Å²) in [5.74, 6) is 0.211. The van der Waals surface area contributed by atoms with E-state index in [1.807, 2.05) is 6.26 Å². The lowest BCUT2D eigenvalue weighted by atomic mass is 10.4. The Balaban J connectivity index is 2.14. The fraction of sp³-hybridized carbons (Fsp3) is 0.0909. The first-order valence-corrected chi connectivity index (χ1v) is 6.11. The van der Waals surface area contributed by atoms with Crippen molar-refractivity contribution in [1.29, 1.82) is 0 Å². The van der Waals surface area contributed by atoms with E-state index in [1.165, 1.54) is 11.8 Å². The number of thioether (sulfide) groups is 1. The van der Waals surface area contributed by atoms with Crippen LogP contribution in [0.5, 0.6) is 0 Å². The van der Waals surface area contributed by atoms with Crippen LogP contribution in [0.15, 0.2) is 41.8 Å². The van der Waals surface area contributed by atoms with Crippen molar-refractivity contribution in [3.05, 3.63) is 42.4 Å². The van der Waals surface area contributed by atoms with Crippen molar-refractivity contribution in [3.63, 3.8) is 0 Å². The monoisotopic (exact) mass is 246 g/mol. The summed E-state index contributed by atoms with van der Waals surface area (Å²) in [5.41, 5.74) is 0.329. The van der Waals surface area contributed by atoms with Crippen LogP contribution in [0.1, 0.15) is 10.5 Å². The summed E-state index contributed by atoms with van der Waals surface area (Å²) < 4.78 is 0. The molecule has 1 N–H and O–H groups in total. The van der Waals surface area contributed by atoms with Crippen molar-refractivity contribution in [3.8, 4) is 0 Å². The molecule has 2 aromatic heterocycles. The van der Waals surface area contributed by atoms with Crippen LogP contribution >= 0.6 is 11.8 Å². The Labute approximate surface area is 103 Å². The molecule has 5 nitrogen and oxygen atoms in total. The molecule has 0 radical (unpaired) electrons. The van der Waals surface area contributed by atoms with Gasteiger partial charge in [-0.3, -0.25) is 4.79 Å². The molecular formula is C11H10N4OS. The summed E-state index contributed by atoms with van der Waals surface area (Å²) in [6.07, 6.45) is 5.03. The van der Waals surface area contributed by atoms with Crippen LogP contribution in [0.4, 0.5) is 5.82 Å². The molecule has 0 aliphatic carbocycles. The number of hydrogen-bond acceptors (Lipinski definition) is 5. The van der Waals surface area contributed by atoms with Gasteiger partial charge in [0.05, 0.1) is 0 Å². The van der Waals surface area contributed by atoms with Gasteiger partial charge >= 0.3 is 0 Å². The highest BCUT2D eigenvalue weighted by Crippen LogP contribution is 2.09. The molecule has 0 saturated carbocycles. The third-order valence-corrected chi connectivity index (χ3v) is 2.52. The number of amides is 1. The molecule has 0 aliphatic heterocycles. The summed E-state index contributed by atoms with van der Waals surface area (Å²) in [5, 5.41) is 3.23. The van der Waals surface area contributed by atoms with Crippen molar-refractivity contribution < 1.29 is 4.79 Å². The van der Waals surface area contributed by atoms with E-state index in [2.05, 4.69) is 20.3 Å². The first-order chi connectivity index (χ1) is 8.29. The molecule has 0 aliphatic rings. The van der Waals surface area contributed by atoms with E-state index < -0.39 is 0 Å². The summed E-state index contributed by atoms with van der Waals surface area (Å²) in [4.78, 5) is 23.9. The highest BCUT2D eigenvalue weighted by molar-refractivity contribution is 7.98. The number of rotatable bonds is 3. The van der Waals surface area contributed by atoms with Gasteiger partial charge in [-0.05, 0) is 24.5 Å². The van der Waals surface area contributed by atoms with E-state index in [4.69, 9.17) is 0 Å². The maximum Gasteiger partial charge on any atom is 0.275 e. The maximum absolute atomic E-state index is 11.8. The van der Waals surface area contributed by atoms with Gasteiger partial charge in [-0.1, -0.05) is 17.8 Å². The lowest BCUT2D eigenvalue weighted by molar-refractivity contribution is 0.102. The second-order valence-electron chi connectivity index (χ2n) is 3.10. The zero-order valence-electron chi connectivity index (χ0n) is 9.12. The van der Waals surface area contributed by atoms with Gasteiger partial charge in [-0.25, -0.2) is 15.0 Å². The van der Waals surface area contributed by atoms with Crippen molar-refractivity contribution >= 4 is 23.5 Å². The van der Waals surface area contributed by atoms with Crippen LogP contribution in [0, 0.1) is 0 Å². The van der Waals surface area contributed by atoms with Crippen molar-refractivity contribution in [1.82, 2.24) is 15.0 Å². The van der Waals surface area contributed by atoms with Gasteiger partial charge in [0.15, 0.2) is 5.16 Å². The van der Waals surface area contributed by atoms with Crippen LogP contribution < -0.4 is 5.32 Å². The van der Waals surface area contributed by atoms with E-state index in [1.54, 1.807) is 36.7 Å². The SMILES string of the molecule is CSc1nccc(C(=O)Nc2ccccn2)n1. The predicted octanol–water partition coefficient (Wildman–Crippen LogP) is 1.85. The molecule has 2 rings (SSSR count). The molecule has 0 bridgehead atoms. The number of carbonyl (C=O) groups is 1. The van der Waals surface area contributed by atoms with Gasteiger partial charge in [0.2, 0.25) is 0 Å². The number of nitrogens with zero attached hydrogens (tertiary/aromatic N) is 3. The minimum absolute atomic E-state index is 0.290. The molecule has 2 aromatic rings. The van der Waals surface area contributed by atoms with Gasteiger partial charge in [0.25, 0.3) is 5.91 Å². The smallest absolute Gasteiger partial charge is 0.275 e. The quantitative estimate of drug-likeness (QED) is 0.661. The normalized spacial score (nSPS) is 9.94. The zero-order valence-corrected chi connectivity index (χ0v) is 9.94. The number of anilines is 1. The second-order valence-corrected chi connectivity index (χ2v) is 3.87. The molecule has 2 heterocycles. The van der Waals surface area contributed by atoms with Gasteiger partial charge in [0.1, 0.15) is 11.5 Å². The van der Waals surface area contributed by atoms with Crippen molar-refractivity contribution in [2.24, 2.45) is 0 Å². The molecule has 0 fully saturated rings. The number of hydrogen-bond donors (Lipinski definition) is 1. The molecule has 0 spiro atoms. The fourth-order valence-electron chi connectivity index (χ4n) is 1.18. The topological polar surface area (TPSA) is 67.8 Å². The summed E-state index contributed by atoms with van der Waals surface area (Å²) >= 11 is 1.39. The van der Waals surface area contributed by atoms with Gasteiger partial charge in [-0.15, -0.1) is 0 Å². The number of aromatic nitrogens is 3. The zero-order chi connectivity index (χ0) is 12.1. The van der Waals surface area contributed by atoms with Gasteiger partial charge < -0.3 is 5.32 Å². The van der Waals surface area contributed by atoms with Crippen LogP contribution in [0.25, 0.3) is 0 Å². The maximum atomic E-state index is 11.8. The lowest BCUT2D eigenvalue weighted by Gasteiger charge is -2.03. The molecule has 0 saturated heterocycles. The third kappa shape index (κ3) is 3.01. The average molecular weight is 246 g/mol. The van der Waals surface area contributed by atoms with E-state index in [9.17, 15) is 4.79 Å². The largest absolute Gasteiger partial charge is 0.305 e. The van der Waals surface area contributed by atoms with Crippen LogP contribution in [-0.4, -0.2) is 27.1 Å². The number of carbonyl (C=O) groups excluding carboxylic acids is 1. The van der Waals surface area contributed by atoms with E-state index in [-0.39, 0.29) is 5.91 Å². The lowest BCUT2D eigenvalue weighted by Crippen LogP contribution is -2.14. The predicted molar refractivity (Wildman–Crippen MR) is 66.0 cm³/mol. The Bertz CT molecular complexity index is 518. The van der Waals surface area contributed by atoms with Crippen LogP contribution in [0.3, 0.4) is 0 Å². The van der Waals surface area contributed by atoms with Crippen LogP contribution in [-0.2, 0) is 0 Å². The molecule has 0 aromatic carbocycles. The van der Waals surface area contributed by atoms with Crippen molar-refractivity contribution in [2.45, 2.75) is 5.16 Å². The summed E-state index contributed by atoms with van der Waals surface area (Å²) in [7, 11) is 0. The van der Waals surface area contributed by atoms with Crippen molar-refractivity contribution in [2.75, 3.05) is 11.6 Å². The Kier molecular flexibility index (Phi) is 3.66. The first kappa shape index (κ1) is 11.5. The van der Waals surface area contributed by atoms with E-state index >= 15 is 0 Å². The minimum atomic E-state index is -0.290. The van der Waals surface area contributed by atoms with Gasteiger partial charge in [-0.2, -0.15) is 0 Å². The summed E-state index contributed by atoms with van der Waals surface area (Å²) in [6, 6.07) is 6.87. The molecule has 0 unspecified atom stereocenters. The van der Waals surface area contributed by atoms with Gasteiger partial charge in [0, 0.05) is 12.4 Å². The number of nitrogens with one attached hydrogen (secondary N) is 1. The molecule has 86 valence electrons. The molecule has 17 heavy (non-hydrogen) atoms. The fourth-order valence-corrected chi connectivity index (χ4v) is 1.54. The highest BCUT2D eigenvalue weighted by atomic mass is 32.2. The molecule has 6 heteroatoms. The Morgan fingerprint density at radius 2 is 2.12 bits per heavy atom. The highest BCUT2D eigenvalue weighted by Gasteiger charge is 2.08. The standard InChI is InChI=1S/C11H10N4OS/c1-17-11-13-7-5-8(14-11)10(16)15-9-4-2-3-6-12-9/h2-7H,1H3,(H,12,15,16). The Morgan fingerprint density at radius 1 is 1.24 bits per heavy atom. The Hall–Kier alpha value is -1.95. The molecule has 1 amide bonds. The third-order valence-electron chi connectivity index (χ3n) is 1.96. The Morgan fingerprint density at radius 3 is 2.82 bits per heavy atom. The minimum Gasteiger partial charge on any atom is -0.305 e. The van der Waals surface area contributed by atoms with Crippen LogP contribution in [0.2, 0.25) is 0 Å². The second kappa shape index (κ2) is 5.40. The number of pyridine rings is 1. The first-order valence-electron chi connectivity index (χ1n) is 4.89. The average Bonchev–Trinajstić information content (AvgIpc) is 2.40.